The first-order valence-corrected chi connectivity index (χ1v) is 8.90. The first-order chi connectivity index (χ1) is 13.3. The van der Waals surface area contributed by atoms with Crippen LogP contribution in [0.4, 0.5) is 0 Å². The topological polar surface area (TPSA) is 56.6 Å². The Labute approximate surface area is 157 Å². The Morgan fingerprint density at radius 2 is 1.93 bits per heavy atom. The van der Waals surface area contributed by atoms with E-state index in [1.54, 1.807) is 24.2 Å². The third kappa shape index (κ3) is 3.57. The molecule has 3 aromatic rings. The van der Waals surface area contributed by atoms with Crippen molar-refractivity contribution >= 4 is 5.91 Å². The minimum absolute atomic E-state index is 0.0413. The molecule has 2 heterocycles. The van der Waals surface area contributed by atoms with Gasteiger partial charge in [0.2, 0.25) is 0 Å². The number of amides is 1. The second-order valence-corrected chi connectivity index (χ2v) is 6.37. The van der Waals surface area contributed by atoms with E-state index >= 15 is 0 Å². The van der Waals surface area contributed by atoms with Crippen molar-refractivity contribution in [2.24, 2.45) is 0 Å². The lowest BCUT2D eigenvalue weighted by atomic mass is 10.1. The summed E-state index contributed by atoms with van der Waals surface area (Å²) >= 11 is 0. The number of hydrogen-bond acceptors (Lipinski definition) is 4. The number of para-hydroxylation sites is 2. The average Bonchev–Trinajstić information content (AvgIpc) is 3.24. The van der Waals surface area contributed by atoms with Crippen molar-refractivity contribution in [1.29, 1.82) is 0 Å². The summed E-state index contributed by atoms with van der Waals surface area (Å²) in [5.74, 6) is 0.662. The highest BCUT2D eigenvalue weighted by Crippen LogP contribution is 2.24. The highest BCUT2D eigenvalue weighted by Gasteiger charge is 2.27. The fourth-order valence-electron chi connectivity index (χ4n) is 3.27. The van der Waals surface area contributed by atoms with Crippen LogP contribution in [0.1, 0.15) is 22.0 Å². The molecule has 1 amide bonds. The first kappa shape index (κ1) is 17.3. The predicted molar refractivity (Wildman–Crippen MR) is 101 cm³/mol. The number of aromatic nitrogens is 2. The van der Waals surface area contributed by atoms with E-state index in [4.69, 9.17) is 9.47 Å². The van der Waals surface area contributed by atoms with Gasteiger partial charge in [0.05, 0.1) is 32.0 Å². The molecule has 27 heavy (non-hydrogen) atoms. The van der Waals surface area contributed by atoms with Gasteiger partial charge in [0.15, 0.2) is 0 Å². The maximum absolute atomic E-state index is 13.0. The van der Waals surface area contributed by atoms with E-state index in [0.29, 0.717) is 31.0 Å². The third-order valence-corrected chi connectivity index (χ3v) is 4.69. The summed E-state index contributed by atoms with van der Waals surface area (Å²) in [5, 5.41) is 4.35. The molecule has 1 saturated heterocycles. The SMILES string of the molecule is COc1ccccc1-n1cc(C(=O)N2CCOC(c3ccccc3)C2)cn1. The quantitative estimate of drug-likeness (QED) is 0.715. The number of carbonyl (C=O) groups excluding carboxylic acids is 1. The second-order valence-electron chi connectivity index (χ2n) is 6.37. The number of morpholine rings is 1. The summed E-state index contributed by atoms with van der Waals surface area (Å²) in [4.78, 5) is 14.8. The van der Waals surface area contributed by atoms with E-state index in [-0.39, 0.29) is 12.0 Å². The molecule has 138 valence electrons. The number of nitrogens with zero attached hydrogens (tertiary/aromatic N) is 3. The van der Waals surface area contributed by atoms with Gasteiger partial charge in [-0.15, -0.1) is 0 Å². The summed E-state index contributed by atoms with van der Waals surface area (Å²) in [6, 6.07) is 17.6. The van der Waals surface area contributed by atoms with Crippen LogP contribution in [0.5, 0.6) is 5.75 Å². The van der Waals surface area contributed by atoms with Crippen LogP contribution in [-0.2, 0) is 4.74 Å². The van der Waals surface area contributed by atoms with Crippen molar-refractivity contribution < 1.29 is 14.3 Å². The first-order valence-electron chi connectivity index (χ1n) is 8.90. The van der Waals surface area contributed by atoms with Crippen molar-refractivity contribution in [3.63, 3.8) is 0 Å². The van der Waals surface area contributed by atoms with E-state index in [2.05, 4.69) is 5.10 Å². The molecule has 0 aliphatic carbocycles. The molecule has 0 spiro atoms. The molecule has 4 rings (SSSR count). The largest absolute Gasteiger partial charge is 0.494 e. The Morgan fingerprint density at radius 1 is 1.15 bits per heavy atom. The van der Waals surface area contributed by atoms with Crippen molar-refractivity contribution in [2.75, 3.05) is 26.8 Å². The number of methoxy groups -OCH3 is 1. The van der Waals surface area contributed by atoms with E-state index in [1.165, 1.54) is 0 Å². The van der Waals surface area contributed by atoms with Crippen molar-refractivity contribution in [3.8, 4) is 11.4 Å². The molecular formula is C21H21N3O3. The molecular weight excluding hydrogens is 342 g/mol. The maximum atomic E-state index is 13.0. The van der Waals surface area contributed by atoms with Gasteiger partial charge in [0.1, 0.15) is 17.5 Å². The normalized spacial score (nSPS) is 16.9. The van der Waals surface area contributed by atoms with Crippen LogP contribution in [0.3, 0.4) is 0 Å². The van der Waals surface area contributed by atoms with E-state index in [1.807, 2.05) is 59.5 Å². The molecule has 1 aliphatic rings. The van der Waals surface area contributed by atoms with Gasteiger partial charge in [-0.05, 0) is 17.7 Å². The Kier molecular flexibility index (Phi) is 4.89. The summed E-state index contributed by atoms with van der Waals surface area (Å²) < 4.78 is 12.9. The lowest BCUT2D eigenvalue weighted by molar-refractivity contribution is -0.0228. The van der Waals surface area contributed by atoms with Crippen LogP contribution in [0.25, 0.3) is 5.69 Å². The maximum Gasteiger partial charge on any atom is 0.257 e. The van der Waals surface area contributed by atoms with Crippen LogP contribution >= 0.6 is 0 Å². The smallest absolute Gasteiger partial charge is 0.257 e. The van der Waals surface area contributed by atoms with Crippen LogP contribution in [0.2, 0.25) is 0 Å². The van der Waals surface area contributed by atoms with Crippen molar-refractivity contribution in [1.82, 2.24) is 14.7 Å². The summed E-state index contributed by atoms with van der Waals surface area (Å²) in [5.41, 5.74) is 2.43. The molecule has 1 fully saturated rings. The lowest BCUT2D eigenvalue weighted by Crippen LogP contribution is -2.42. The van der Waals surface area contributed by atoms with Crippen molar-refractivity contribution in [3.05, 3.63) is 78.1 Å². The zero-order chi connectivity index (χ0) is 18.6. The minimum atomic E-state index is -0.104. The number of carbonyl (C=O) groups is 1. The molecule has 2 aromatic carbocycles. The van der Waals surface area contributed by atoms with Gasteiger partial charge in [0.25, 0.3) is 5.91 Å². The number of benzene rings is 2. The molecule has 0 bridgehead atoms. The lowest BCUT2D eigenvalue weighted by Gasteiger charge is -2.33. The highest BCUT2D eigenvalue weighted by atomic mass is 16.5. The van der Waals surface area contributed by atoms with Crippen LogP contribution in [-0.4, -0.2) is 47.4 Å². The molecule has 1 unspecified atom stereocenters. The third-order valence-electron chi connectivity index (χ3n) is 4.69. The van der Waals surface area contributed by atoms with Crippen LogP contribution in [0, 0.1) is 0 Å². The molecule has 0 N–H and O–H groups in total. The van der Waals surface area contributed by atoms with E-state index < -0.39 is 0 Å². The predicted octanol–water partition coefficient (Wildman–Crippen LogP) is 3.09. The van der Waals surface area contributed by atoms with Gasteiger partial charge < -0.3 is 14.4 Å². The fourth-order valence-corrected chi connectivity index (χ4v) is 3.27. The summed E-state index contributed by atoms with van der Waals surface area (Å²) in [6.45, 7) is 1.62. The Balaban J connectivity index is 1.52. The van der Waals surface area contributed by atoms with Crippen LogP contribution in [0.15, 0.2) is 67.0 Å². The van der Waals surface area contributed by atoms with Gasteiger partial charge >= 0.3 is 0 Å². The van der Waals surface area contributed by atoms with Crippen molar-refractivity contribution in [2.45, 2.75) is 6.10 Å². The van der Waals surface area contributed by atoms with Gasteiger partial charge in [-0.2, -0.15) is 5.10 Å². The zero-order valence-electron chi connectivity index (χ0n) is 15.1. The van der Waals surface area contributed by atoms with E-state index in [0.717, 1.165) is 11.3 Å². The Morgan fingerprint density at radius 3 is 2.74 bits per heavy atom. The molecule has 1 atom stereocenters. The molecule has 1 aromatic heterocycles. The Hall–Kier alpha value is -3.12. The standard InChI is InChI=1S/C21H21N3O3/c1-26-19-10-6-5-9-18(19)24-14-17(13-22-24)21(25)23-11-12-27-20(15-23)16-7-3-2-4-8-16/h2-10,13-14,20H,11-12,15H2,1H3. The summed E-state index contributed by atoms with van der Waals surface area (Å²) in [6.07, 6.45) is 3.24. The highest BCUT2D eigenvalue weighted by molar-refractivity contribution is 5.94. The van der Waals surface area contributed by atoms with E-state index in [9.17, 15) is 4.79 Å². The molecule has 6 nitrogen and oxygen atoms in total. The van der Waals surface area contributed by atoms with Gasteiger partial charge in [-0.25, -0.2) is 4.68 Å². The molecule has 0 radical (unpaired) electrons. The number of ether oxygens (including phenoxy) is 2. The molecule has 0 saturated carbocycles. The minimum Gasteiger partial charge on any atom is -0.494 e. The zero-order valence-corrected chi connectivity index (χ0v) is 15.1. The van der Waals surface area contributed by atoms with Crippen LogP contribution < -0.4 is 4.74 Å². The van der Waals surface area contributed by atoms with Gasteiger partial charge in [-0.1, -0.05) is 42.5 Å². The number of rotatable bonds is 4. The average molecular weight is 363 g/mol. The molecule has 1 aliphatic heterocycles. The fraction of sp³-hybridized carbons (Fsp3) is 0.238. The van der Waals surface area contributed by atoms with Gasteiger partial charge in [0, 0.05) is 12.7 Å². The number of hydrogen-bond donors (Lipinski definition) is 0. The second kappa shape index (κ2) is 7.63. The Bertz CT molecular complexity index is 923. The summed E-state index contributed by atoms with van der Waals surface area (Å²) in [7, 11) is 1.62. The monoisotopic (exact) mass is 363 g/mol. The van der Waals surface area contributed by atoms with Gasteiger partial charge in [-0.3, -0.25) is 4.79 Å². The molecule has 6 heteroatoms.